The van der Waals surface area contributed by atoms with Gasteiger partial charge in [0.05, 0.1) is 19.7 Å². The van der Waals surface area contributed by atoms with E-state index >= 15 is 0 Å². The second-order valence-corrected chi connectivity index (χ2v) is 8.20. The van der Waals surface area contributed by atoms with Gasteiger partial charge in [0.2, 0.25) is 5.91 Å². The van der Waals surface area contributed by atoms with Crippen molar-refractivity contribution in [2.75, 3.05) is 20.3 Å². The molecule has 6 nitrogen and oxygen atoms in total. The van der Waals surface area contributed by atoms with Crippen LogP contribution in [0.2, 0.25) is 0 Å². The van der Waals surface area contributed by atoms with Gasteiger partial charge in [0.15, 0.2) is 0 Å². The summed E-state index contributed by atoms with van der Waals surface area (Å²) in [6.07, 6.45) is 0. The van der Waals surface area contributed by atoms with Crippen LogP contribution in [0.15, 0.2) is 41.8 Å². The number of rotatable bonds is 6. The second-order valence-electron chi connectivity index (χ2n) is 7.30. The highest BCUT2D eigenvalue weighted by Crippen LogP contribution is 2.35. The van der Waals surface area contributed by atoms with Crippen molar-refractivity contribution in [1.82, 2.24) is 14.8 Å². The minimum Gasteiger partial charge on any atom is -0.383 e. The molecule has 29 heavy (non-hydrogen) atoms. The standard InChI is InChI=1S/C21H22FN3O3S/c1-21(20(27)23-8-9-28-2)13-24-17(11-14-7-10-29-19(14)24)18(26)25(21)12-15-5-3-4-6-16(15)22/h3-7,10-11H,8-9,12-13H2,1-2H3,(H,23,27). The number of nitrogens with one attached hydrogen (secondary N) is 1. The zero-order valence-electron chi connectivity index (χ0n) is 16.3. The molecular weight excluding hydrogens is 393 g/mol. The molecule has 1 aliphatic rings. The highest BCUT2D eigenvalue weighted by atomic mass is 32.1. The van der Waals surface area contributed by atoms with Crippen LogP contribution in [-0.2, 0) is 22.6 Å². The van der Waals surface area contributed by atoms with E-state index in [1.165, 1.54) is 22.3 Å². The van der Waals surface area contributed by atoms with Crippen molar-refractivity contribution in [3.63, 3.8) is 0 Å². The molecule has 4 rings (SSSR count). The molecule has 3 heterocycles. The molecule has 1 N–H and O–H groups in total. The lowest BCUT2D eigenvalue weighted by atomic mass is 9.94. The SMILES string of the molecule is COCCNC(=O)C1(C)Cn2c(cc3ccsc32)C(=O)N1Cc1ccccc1F. The van der Waals surface area contributed by atoms with Crippen molar-refractivity contribution in [1.29, 1.82) is 0 Å². The summed E-state index contributed by atoms with van der Waals surface area (Å²) in [4.78, 5) is 29.0. The Morgan fingerprint density at radius 2 is 2.14 bits per heavy atom. The number of hydrogen-bond acceptors (Lipinski definition) is 4. The number of aromatic nitrogens is 1. The van der Waals surface area contributed by atoms with E-state index in [1.807, 2.05) is 22.1 Å². The number of thiophene rings is 1. The van der Waals surface area contributed by atoms with Crippen LogP contribution in [0.1, 0.15) is 23.0 Å². The van der Waals surface area contributed by atoms with E-state index in [-0.39, 0.29) is 18.4 Å². The van der Waals surface area contributed by atoms with Crippen LogP contribution in [0.5, 0.6) is 0 Å². The summed E-state index contributed by atoms with van der Waals surface area (Å²) < 4.78 is 21.2. The fraction of sp³-hybridized carbons (Fsp3) is 0.333. The summed E-state index contributed by atoms with van der Waals surface area (Å²) in [7, 11) is 1.56. The fourth-order valence-electron chi connectivity index (χ4n) is 3.76. The smallest absolute Gasteiger partial charge is 0.271 e. The summed E-state index contributed by atoms with van der Waals surface area (Å²) in [5, 5.41) is 5.78. The number of amides is 2. The van der Waals surface area contributed by atoms with E-state index in [9.17, 15) is 14.0 Å². The molecule has 0 spiro atoms. The molecule has 1 unspecified atom stereocenters. The molecule has 0 fully saturated rings. The quantitative estimate of drug-likeness (QED) is 0.630. The molecule has 0 saturated carbocycles. The third kappa shape index (κ3) is 3.32. The predicted octanol–water partition coefficient (Wildman–Crippen LogP) is 3.02. The van der Waals surface area contributed by atoms with Crippen molar-refractivity contribution >= 4 is 33.4 Å². The minimum atomic E-state index is -1.17. The van der Waals surface area contributed by atoms with E-state index in [0.29, 0.717) is 31.0 Å². The first-order chi connectivity index (χ1) is 14.0. The van der Waals surface area contributed by atoms with E-state index in [4.69, 9.17) is 4.74 Å². The van der Waals surface area contributed by atoms with Crippen molar-refractivity contribution < 1.29 is 18.7 Å². The normalized spacial score (nSPS) is 18.9. The minimum absolute atomic E-state index is 0.0124. The molecule has 2 aromatic heterocycles. The molecule has 0 aliphatic carbocycles. The largest absolute Gasteiger partial charge is 0.383 e. The lowest BCUT2D eigenvalue weighted by molar-refractivity contribution is -0.133. The molecule has 0 radical (unpaired) electrons. The van der Waals surface area contributed by atoms with Gasteiger partial charge in [0, 0.05) is 24.6 Å². The predicted molar refractivity (Wildman–Crippen MR) is 109 cm³/mol. The Hall–Kier alpha value is -2.71. The lowest BCUT2D eigenvalue weighted by Crippen LogP contribution is -2.63. The molecule has 1 aliphatic heterocycles. The van der Waals surface area contributed by atoms with Crippen LogP contribution in [0, 0.1) is 5.82 Å². The maximum Gasteiger partial charge on any atom is 0.271 e. The first-order valence-electron chi connectivity index (χ1n) is 9.35. The summed E-state index contributed by atoms with van der Waals surface area (Å²) in [5.74, 6) is -0.972. The van der Waals surface area contributed by atoms with E-state index in [0.717, 1.165) is 10.2 Å². The Kier molecular flexibility index (Phi) is 5.14. The maximum atomic E-state index is 14.3. The average Bonchev–Trinajstić information content (AvgIpc) is 3.29. The Balaban J connectivity index is 1.76. The Bertz CT molecular complexity index is 1080. The Morgan fingerprint density at radius 3 is 2.90 bits per heavy atom. The zero-order valence-corrected chi connectivity index (χ0v) is 17.1. The topological polar surface area (TPSA) is 63.6 Å². The third-order valence-electron chi connectivity index (χ3n) is 5.40. The van der Waals surface area contributed by atoms with Gasteiger partial charge in [-0.25, -0.2) is 4.39 Å². The van der Waals surface area contributed by atoms with Crippen molar-refractivity contribution in [3.05, 3.63) is 58.9 Å². The number of ether oxygens (including phenoxy) is 1. The fourth-order valence-corrected chi connectivity index (χ4v) is 4.66. The van der Waals surface area contributed by atoms with Crippen LogP contribution in [0.25, 0.3) is 10.2 Å². The highest BCUT2D eigenvalue weighted by Gasteiger charge is 2.47. The average molecular weight is 415 g/mol. The van der Waals surface area contributed by atoms with Gasteiger partial charge in [-0.3, -0.25) is 9.59 Å². The molecule has 8 heteroatoms. The highest BCUT2D eigenvalue weighted by molar-refractivity contribution is 7.16. The molecule has 1 atom stereocenters. The molecule has 152 valence electrons. The van der Waals surface area contributed by atoms with Crippen molar-refractivity contribution in [2.45, 2.75) is 25.6 Å². The van der Waals surface area contributed by atoms with Crippen LogP contribution in [0.3, 0.4) is 0 Å². The number of carbonyl (C=O) groups excluding carboxylic acids is 2. The molecule has 1 aromatic carbocycles. The maximum absolute atomic E-state index is 14.3. The van der Waals surface area contributed by atoms with Crippen LogP contribution in [0.4, 0.5) is 4.39 Å². The zero-order chi connectivity index (χ0) is 20.6. The van der Waals surface area contributed by atoms with Gasteiger partial charge in [-0.2, -0.15) is 0 Å². The number of hydrogen-bond donors (Lipinski definition) is 1. The number of fused-ring (bicyclic) bond motifs is 3. The third-order valence-corrected chi connectivity index (χ3v) is 6.35. The summed E-state index contributed by atoms with van der Waals surface area (Å²) in [6.45, 7) is 2.74. The summed E-state index contributed by atoms with van der Waals surface area (Å²) in [6, 6.07) is 10.1. The van der Waals surface area contributed by atoms with Crippen LogP contribution >= 0.6 is 11.3 Å². The molecule has 0 saturated heterocycles. The lowest BCUT2D eigenvalue weighted by Gasteiger charge is -2.44. The Morgan fingerprint density at radius 1 is 1.34 bits per heavy atom. The second kappa shape index (κ2) is 7.61. The van der Waals surface area contributed by atoms with Gasteiger partial charge in [0.25, 0.3) is 5.91 Å². The number of nitrogens with zero attached hydrogens (tertiary/aromatic N) is 2. The molecule has 3 aromatic rings. The number of methoxy groups -OCH3 is 1. The van der Waals surface area contributed by atoms with Crippen LogP contribution < -0.4 is 5.32 Å². The van der Waals surface area contributed by atoms with E-state index < -0.39 is 11.4 Å². The van der Waals surface area contributed by atoms with Gasteiger partial charge in [0.1, 0.15) is 21.9 Å². The van der Waals surface area contributed by atoms with Gasteiger partial charge in [-0.05, 0) is 30.5 Å². The number of benzene rings is 1. The van der Waals surface area contributed by atoms with Crippen molar-refractivity contribution in [3.8, 4) is 0 Å². The first kappa shape index (κ1) is 19.6. The molecular formula is C21H22FN3O3S. The van der Waals surface area contributed by atoms with E-state index in [1.54, 1.807) is 32.2 Å². The van der Waals surface area contributed by atoms with Gasteiger partial charge in [-0.1, -0.05) is 18.2 Å². The number of carbonyl (C=O) groups is 2. The van der Waals surface area contributed by atoms with Crippen molar-refractivity contribution in [2.24, 2.45) is 0 Å². The molecule has 0 bridgehead atoms. The number of halogens is 1. The molecule has 2 amide bonds. The monoisotopic (exact) mass is 415 g/mol. The van der Waals surface area contributed by atoms with Crippen LogP contribution in [-0.4, -0.2) is 47.1 Å². The van der Waals surface area contributed by atoms with Gasteiger partial charge >= 0.3 is 0 Å². The van der Waals surface area contributed by atoms with Gasteiger partial charge in [-0.15, -0.1) is 11.3 Å². The van der Waals surface area contributed by atoms with Gasteiger partial charge < -0.3 is 19.5 Å². The summed E-state index contributed by atoms with van der Waals surface area (Å²) >= 11 is 1.53. The summed E-state index contributed by atoms with van der Waals surface area (Å²) in [5.41, 5.74) is -0.278. The van der Waals surface area contributed by atoms with E-state index in [2.05, 4.69) is 5.32 Å². The first-order valence-corrected chi connectivity index (χ1v) is 10.2. The Labute approximate surface area is 171 Å².